The first-order chi connectivity index (χ1) is 11.5. The smallest absolute Gasteiger partial charge is 0.273 e. The van der Waals surface area contributed by atoms with Crippen LogP contribution in [0.15, 0.2) is 54.1 Å². The van der Waals surface area contributed by atoms with Crippen molar-refractivity contribution in [3.8, 4) is 0 Å². The van der Waals surface area contributed by atoms with Gasteiger partial charge in [-0.1, -0.05) is 18.2 Å². The lowest BCUT2D eigenvalue weighted by Gasteiger charge is -2.26. The minimum Gasteiger partial charge on any atom is -0.273 e. The lowest BCUT2D eigenvalue weighted by Crippen LogP contribution is -2.54. The Labute approximate surface area is 135 Å². The second-order valence-corrected chi connectivity index (χ2v) is 4.99. The molecule has 0 bridgehead atoms. The van der Waals surface area contributed by atoms with Gasteiger partial charge in [0.15, 0.2) is 0 Å². The second-order valence-electron chi connectivity index (χ2n) is 4.99. The molecule has 120 valence electrons. The van der Waals surface area contributed by atoms with Gasteiger partial charge in [-0.3, -0.25) is 14.9 Å². The number of imide groups is 2. The number of carbonyl (C=O) groups is 3. The Morgan fingerprint density at radius 3 is 2.29 bits per heavy atom. The molecule has 0 aliphatic carbocycles. The van der Waals surface area contributed by atoms with Gasteiger partial charge in [0.2, 0.25) is 0 Å². The molecule has 2 aromatic rings. The number of anilines is 1. The third-order valence-corrected chi connectivity index (χ3v) is 3.35. The molecule has 1 saturated heterocycles. The summed E-state index contributed by atoms with van der Waals surface area (Å²) in [5.41, 5.74) is 0.0870. The second kappa shape index (κ2) is 6.04. The van der Waals surface area contributed by atoms with Crippen LogP contribution < -0.4 is 10.2 Å². The van der Waals surface area contributed by atoms with Gasteiger partial charge in [-0.05, 0) is 42.0 Å². The Bertz CT molecular complexity index is 876. The van der Waals surface area contributed by atoms with E-state index in [4.69, 9.17) is 0 Å². The van der Waals surface area contributed by atoms with E-state index >= 15 is 0 Å². The van der Waals surface area contributed by atoms with E-state index in [2.05, 4.69) is 0 Å². The van der Waals surface area contributed by atoms with E-state index in [9.17, 15) is 23.2 Å². The zero-order valence-electron chi connectivity index (χ0n) is 12.1. The van der Waals surface area contributed by atoms with E-state index in [1.165, 1.54) is 42.5 Å². The average Bonchev–Trinajstić information content (AvgIpc) is 2.53. The number of urea groups is 1. The minimum absolute atomic E-state index is 0.00462. The van der Waals surface area contributed by atoms with Crippen LogP contribution in [-0.2, 0) is 9.59 Å². The van der Waals surface area contributed by atoms with Crippen molar-refractivity contribution in [2.75, 3.05) is 4.90 Å². The highest BCUT2D eigenvalue weighted by molar-refractivity contribution is 6.39. The zero-order valence-corrected chi connectivity index (χ0v) is 12.1. The number of benzene rings is 2. The van der Waals surface area contributed by atoms with Crippen LogP contribution in [0.5, 0.6) is 0 Å². The van der Waals surface area contributed by atoms with E-state index in [1.807, 2.05) is 5.32 Å². The maximum atomic E-state index is 13.3. The number of nitrogens with one attached hydrogen (secondary N) is 1. The first-order valence-corrected chi connectivity index (χ1v) is 6.88. The van der Waals surface area contributed by atoms with E-state index in [1.54, 1.807) is 0 Å². The summed E-state index contributed by atoms with van der Waals surface area (Å²) in [7, 11) is 0. The Hall–Kier alpha value is -3.35. The minimum atomic E-state index is -0.966. The lowest BCUT2D eigenvalue weighted by molar-refractivity contribution is -0.122. The molecule has 0 spiro atoms. The third-order valence-electron chi connectivity index (χ3n) is 3.35. The summed E-state index contributed by atoms with van der Waals surface area (Å²) in [5.74, 6) is -2.86. The number of barbiturate groups is 1. The molecule has 3 rings (SSSR count). The normalized spacial score (nSPS) is 16.5. The highest BCUT2D eigenvalue weighted by atomic mass is 19.1. The molecular formula is C17H10F2N2O3. The fraction of sp³-hybridized carbons (Fsp3) is 0. The standard InChI is InChI=1S/C17H10F2N2O3/c18-11-6-4-10(5-7-11)8-14-15(22)20-17(24)21(16(14)23)13-3-1-2-12(19)9-13/h1-9H,(H,20,22,24)/b14-8+. The molecule has 5 nitrogen and oxygen atoms in total. The zero-order chi connectivity index (χ0) is 17.3. The number of hydrogen-bond donors (Lipinski definition) is 1. The van der Waals surface area contributed by atoms with Crippen molar-refractivity contribution in [2.45, 2.75) is 0 Å². The van der Waals surface area contributed by atoms with Crippen molar-refractivity contribution in [1.29, 1.82) is 0 Å². The van der Waals surface area contributed by atoms with Gasteiger partial charge >= 0.3 is 6.03 Å². The molecule has 0 unspecified atom stereocenters. The van der Waals surface area contributed by atoms with E-state index in [0.717, 1.165) is 12.1 Å². The molecule has 1 heterocycles. The van der Waals surface area contributed by atoms with E-state index in [0.29, 0.717) is 10.5 Å². The van der Waals surface area contributed by atoms with Gasteiger partial charge in [0.05, 0.1) is 5.69 Å². The molecule has 1 aliphatic rings. The van der Waals surface area contributed by atoms with Gasteiger partial charge < -0.3 is 0 Å². The first-order valence-electron chi connectivity index (χ1n) is 6.88. The topological polar surface area (TPSA) is 66.5 Å². The predicted octanol–water partition coefficient (Wildman–Crippen LogP) is 2.63. The highest BCUT2D eigenvalue weighted by Gasteiger charge is 2.36. The van der Waals surface area contributed by atoms with Crippen molar-refractivity contribution in [2.24, 2.45) is 0 Å². The maximum absolute atomic E-state index is 13.3. The van der Waals surface area contributed by atoms with Crippen molar-refractivity contribution in [3.05, 3.63) is 71.3 Å². The quantitative estimate of drug-likeness (QED) is 0.681. The fourth-order valence-electron chi connectivity index (χ4n) is 2.23. The molecule has 2 aromatic carbocycles. The van der Waals surface area contributed by atoms with Gasteiger partial charge in [0.1, 0.15) is 17.2 Å². The van der Waals surface area contributed by atoms with Gasteiger partial charge in [-0.2, -0.15) is 0 Å². The van der Waals surface area contributed by atoms with Crippen molar-refractivity contribution >= 4 is 29.6 Å². The summed E-state index contributed by atoms with van der Waals surface area (Å²) in [6, 6.07) is 9.01. The molecule has 24 heavy (non-hydrogen) atoms. The van der Waals surface area contributed by atoms with Gasteiger partial charge in [-0.25, -0.2) is 18.5 Å². The Morgan fingerprint density at radius 1 is 0.917 bits per heavy atom. The molecule has 0 radical (unpaired) electrons. The van der Waals surface area contributed by atoms with Crippen LogP contribution in [0, 0.1) is 11.6 Å². The van der Waals surface area contributed by atoms with Crippen LogP contribution in [0.25, 0.3) is 6.08 Å². The van der Waals surface area contributed by atoms with Crippen molar-refractivity contribution in [1.82, 2.24) is 5.32 Å². The van der Waals surface area contributed by atoms with Crippen LogP contribution in [0.4, 0.5) is 19.3 Å². The number of halogens is 2. The van der Waals surface area contributed by atoms with E-state index in [-0.39, 0.29) is 11.3 Å². The molecular weight excluding hydrogens is 318 g/mol. The number of nitrogens with zero attached hydrogens (tertiary/aromatic N) is 1. The number of rotatable bonds is 2. The van der Waals surface area contributed by atoms with Crippen LogP contribution in [-0.4, -0.2) is 17.8 Å². The summed E-state index contributed by atoms with van der Waals surface area (Å²) in [5, 5.41) is 2.02. The third kappa shape index (κ3) is 2.91. The summed E-state index contributed by atoms with van der Waals surface area (Å²) < 4.78 is 26.3. The average molecular weight is 328 g/mol. The van der Waals surface area contributed by atoms with Crippen LogP contribution in [0.2, 0.25) is 0 Å². The van der Waals surface area contributed by atoms with Gasteiger partial charge in [-0.15, -0.1) is 0 Å². The Balaban J connectivity index is 2.01. The first kappa shape index (κ1) is 15.5. The fourth-order valence-corrected chi connectivity index (χ4v) is 2.23. The largest absolute Gasteiger partial charge is 0.335 e. The predicted molar refractivity (Wildman–Crippen MR) is 81.8 cm³/mol. The van der Waals surface area contributed by atoms with Crippen molar-refractivity contribution in [3.63, 3.8) is 0 Å². The summed E-state index contributed by atoms with van der Waals surface area (Å²) in [4.78, 5) is 37.1. The molecule has 0 aromatic heterocycles. The number of carbonyl (C=O) groups excluding carboxylic acids is 3. The molecule has 4 amide bonds. The Kier molecular flexibility index (Phi) is 3.91. The number of amides is 4. The molecule has 7 heteroatoms. The number of hydrogen-bond acceptors (Lipinski definition) is 3. The monoisotopic (exact) mass is 328 g/mol. The SMILES string of the molecule is O=C1NC(=O)N(c2cccc(F)c2)C(=O)/C1=C/c1ccc(F)cc1. The Morgan fingerprint density at radius 2 is 1.62 bits per heavy atom. The molecule has 0 atom stereocenters. The lowest BCUT2D eigenvalue weighted by atomic mass is 10.1. The summed E-state index contributed by atoms with van der Waals surface area (Å²) in [6.45, 7) is 0. The molecule has 1 fully saturated rings. The molecule has 1 aliphatic heterocycles. The molecule has 0 saturated carbocycles. The van der Waals surface area contributed by atoms with Crippen LogP contribution in [0.3, 0.4) is 0 Å². The van der Waals surface area contributed by atoms with Gasteiger partial charge in [0, 0.05) is 0 Å². The van der Waals surface area contributed by atoms with Gasteiger partial charge in [0.25, 0.3) is 11.8 Å². The maximum Gasteiger partial charge on any atom is 0.335 e. The van der Waals surface area contributed by atoms with E-state index < -0.39 is 29.5 Å². The van der Waals surface area contributed by atoms with Crippen molar-refractivity contribution < 1.29 is 23.2 Å². The summed E-state index contributed by atoms with van der Waals surface area (Å²) in [6.07, 6.45) is 1.23. The summed E-state index contributed by atoms with van der Waals surface area (Å²) >= 11 is 0. The van der Waals surface area contributed by atoms with Crippen LogP contribution >= 0.6 is 0 Å². The molecule has 1 N–H and O–H groups in total. The highest BCUT2D eigenvalue weighted by Crippen LogP contribution is 2.22. The van der Waals surface area contributed by atoms with Crippen LogP contribution in [0.1, 0.15) is 5.56 Å².